The van der Waals surface area contributed by atoms with Crippen LogP contribution in [0, 0.1) is 52.0 Å². The predicted molar refractivity (Wildman–Crippen MR) is 451 cm³/mol. The first kappa shape index (κ1) is 75.8. The summed E-state index contributed by atoms with van der Waals surface area (Å²) in [5.41, 5.74) is 11.3. The van der Waals surface area contributed by atoms with E-state index in [0.29, 0.717) is 44.0 Å². The summed E-state index contributed by atoms with van der Waals surface area (Å²) in [6.45, 7) is 8.18. The van der Waals surface area contributed by atoms with Gasteiger partial charge in [-0.1, -0.05) is 192 Å². The Morgan fingerprint density at radius 1 is 0.325 bits per heavy atom. The summed E-state index contributed by atoms with van der Waals surface area (Å²) in [5, 5.41) is 13.5. The van der Waals surface area contributed by atoms with Crippen molar-refractivity contribution >= 4 is 136 Å². The van der Waals surface area contributed by atoms with E-state index in [9.17, 15) is 19.2 Å². The molecule has 0 spiro atoms. The fourth-order valence-electron chi connectivity index (χ4n) is 14.3. The van der Waals surface area contributed by atoms with Crippen molar-refractivity contribution in [3.8, 4) is 39.3 Å². The molecule has 0 amide bonds. The average molecular weight is 1830 g/mol. The van der Waals surface area contributed by atoms with Crippen molar-refractivity contribution in [3.63, 3.8) is 0 Å². The predicted octanol–water partition coefficient (Wildman–Crippen LogP) is 23.4. The molecule has 18 bridgehead atoms. The molecular weight excluding hydrogens is 1770 g/mol. The number of aromatic nitrogens is 4. The number of nitrogens with zero attached hydrogens (tertiary/aromatic N) is 4. The number of hydrogen-bond acceptors (Lipinski definition) is 12. The van der Waals surface area contributed by atoms with Gasteiger partial charge < -0.3 is 37.9 Å². The molecule has 25 aromatic heterocycles. The molecule has 0 saturated carbocycles. The topological polar surface area (TPSA) is 168 Å². The van der Waals surface area contributed by atoms with Gasteiger partial charge in [0.1, 0.15) is 0 Å². The zero-order valence-corrected chi connectivity index (χ0v) is 66.5. The van der Waals surface area contributed by atoms with Gasteiger partial charge in [0.2, 0.25) is 0 Å². The van der Waals surface area contributed by atoms with Crippen LogP contribution < -0.4 is 21.6 Å². The zero-order chi connectivity index (χ0) is 76.3. The Morgan fingerprint density at radius 2 is 0.693 bits per heavy atom. The Kier molecular flexibility index (Phi) is 22.1. The number of hydrogen-bond donors (Lipinski definition) is 0. The number of aryl methyl sites for hydroxylation is 4. The Bertz CT molecular complexity index is 6770. The summed E-state index contributed by atoms with van der Waals surface area (Å²) >= 11 is 0. The Labute approximate surface area is 680 Å². The number of ether oxygens (including phenoxy) is 1. The number of carbonyl (C=O) groups is 1. The first-order valence-corrected chi connectivity index (χ1v) is 36.4. The second-order valence-electron chi connectivity index (χ2n) is 27.6. The van der Waals surface area contributed by atoms with Crippen LogP contribution in [0.4, 0.5) is 0 Å². The molecule has 114 heavy (non-hydrogen) atoms. The van der Waals surface area contributed by atoms with E-state index < -0.39 is 16.9 Å². The van der Waals surface area contributed by atoms with Gasteiger partial charge in [0.25, 0.3) is 0 Å². The number of esters is 1. The second kappa shape index (κ2) is 33.2. The number of rotatable bonds is 5. The minimum absolute atomic E-state index is 0. The molecule has 0 atom stereocenters. The van der Waals surface area contributed by atoms with Crippen LogP contribution in [0.1, 0.15) is 32.6 Å². The van der Waals surface area contributed by atoms with Crippen LogP contribution >= 0.6 is 0 Å². The third-order valence-electron chi connectivity index (χ3n) is 19.6. The molecule has 0 unspecified atom stereocenters. The van der Waals surface area contributed by atoms with E-state index >= 15 is 0 Å². The molecule has 1 radical (unpaired) electrons. The molecule has 0 aliphatic carbocycles. The summed E-state index contributed by atoms with van der Waals surface area (Å²) in [6.07, 6.45) is 7.47. The van der Waals surface area contributed by atoms with Crippen LogP contribution in [0.15, 0.2) is 344 Å². The van der Waals surface area contributed by atoms with Gasteiger partial charge in [-0.25, -0.2) is 19.2 Å². The average Bonchev–Trinajstić information content (AvgIpc) is 0.769. The minimum atomic E-state index is -0.836. The van der Waals surface area contributed by atoms with Crippen molar-refractivity contribution < 1.29 is 63.0 Å². The molecule has 0 aliphatic heterocycles. The van der Waals surface area contributed by atoms with Gasteiger partial charge >= 0.3 is 43.0 Å². The van der Waals surface area contributed by atoms with Crippen molar-refractivity contribution in [2.45, 2.75) is 27.7 Å². The van der Waals surface area contributed by atoms with E-state index in [2.05, 4.69) is 159 Å². The zero-order valence-electron chi connectivity index (χ0n) is 61.7. The maximum Gasteiger partial charge on any atom is 3.00 e. The maximum absolute atomic E-state index is 13.9. The van der Waals surface area contributed by atoms with Crippen LogP contribution in [0.3, 0.4) is 0 Å². The fraction of sp³-hybridized carbons (Fsp3) is 0.0400. The minimum Gasteiger partial charge on any atom is -0.471 e. The van der Waals surface area contributed by atoms with Gasteiger partial charge in [-0.3, -0.25) is 0 Å². The number of pyridine rings is 4. The third-order valence-corrected chi connectivity index (χ3v) is 19.6. The smallest absolute Gasteiger partial charge is 0.471 e. The summed E-state index contributed by atoms with van der Waals surface area (Å²) in [5.74, 6) is 0.0739. The molecule has 12 nitrogen and oxygen atoms in total. The molecular formula is C100H64Ir2N4O8-. The van der Waals surface area contributed by atoms with E-state index in [0.717, 1.165) is 98.1 Å². The van der Waals surface area contributed by atoms with Gasteiger partial charge in [-0.05, 0) is 185 Å². The Hall–Kier alpha value is -13.6. The molecule has 37 rings (SSSR count). The van der Waals surface area contributed by atoms with Crippen LogP contribution in [-0.4, -0.2) is 25.9 Å². The molecule has 37 aromatic rings. The maximum atomic E-state index is 13.9. The van der Waals surface area contributed by atoms with Gasteiger partial charge in [0.05, 0.1) is 21.7 Å². The number of carbonyl (C=O) groups excluding carboxylic acids is 1. The van der Waals surface area contributed by atoms with E-state index in [4.69, 9.17) is 37.9 Å². The Morgan fingerprint density at radius 3 is 1.04 bits per heavy atom. The van der Waals surface area contributed by atoms with Crippen LogP contribution in [0.2, 0.25) is 0 Å². The molecule has 0 fully saturated rings. The summed E-state index contributed by atoms with van der Waals surface area (Å²) in [7, 11) is 0. The molecule has 0 N–H and O–H groups in total. The first-order valence-electron chi connectivity index (χ1n) is 36.4. The molecule has 25 heterocycles. The van der Waals surface area contributed by atoms with Gasteiger partial charge in [-0.15, -0.1) is 119 Å². The SMILES string of the molecule is Cc1cc(C)cc(C(=O)Oc2c[c-]c(-c3ccc(-c4ccccc4-c4cc(C)cc(C)c4)cn3)cc2)c1.O=c1oc2c[c-]c(cc2)c2ccc(cn2)c2ccccc2c2cc3cc(c2)c2ccccc2c2ccc(nc2)c2[c-]cc(cc2)oc(=O)c2cc1cc(c2)c(=O)oc1c[c-]c(cc1)c1ccc(cn1)c1ccccc31.[Ir+3].[Ir]. The fourth-order valence-corrected chi connectivity index (χ4v) is 14.3. The van der Waals surface area contributed by atoms with Crippen molar-refractivity contribution in [2.24, 2.45) is 0 Å². The summed E-state index contributed by atoms with van der Waals surface area (Å²) in [6, 6.07) is 105. The molecule has 14 heteroatoms. The van der Waals surface area contributed by atoms with Gasteiger partial charge in [0, 0.05) is 67.4 Å². The van der Waals surface area contributed by atoms with E-state index in [1.165, 1.54) is 58.7 Å². The van der Waals surface area contributed by atoms with Crippen LogP contribution in [0.5, 0.6) is 5.75 Å². The monoisotopic (exact) mass is 1830 g/mol. The van der Waals surface area contributed by atoms with Crippen LogP contribution in [-0.2, 0) is 40.2 Å². The van der Waals surface area contributed by atoms with Crippen LogP contribution in [0.25, 0.3) is 164 Å². The number of benzene rings is 12. The molecule has 12 aromatic carbocycles. The van der Waals surface area contributed by atoms with Gasteiger partial charge in [-0.2, -0.15) is 0 Å². The summed E-state index contributed by atoms with van der Waals surface area (Å²) < 4.78 is 23.0. The molecule has 551 valence electrons. The molecule has 0 aliphatic rings. The van der Waals surface area contributed by atoms with Crippen molar-refractivity contribution in [3.05, 3.63) is 399 Å². The van der Waals surface area contributed by atoms with Gasteiger partial charge in [0.15, 0.2) is 0 Å². The van der Waals surface area contributed by atoms with Crippen molar-refractivity contribution in [1.29, 1.82) is 0 Å². The van der Waals surface area contributed by atoms with Crippen molar-refractivity contribution in [2.75, 3.05) is 0 Å². The van der Waals surface area contributed by atoms with E-state index in [-0.39, 0.29) is 79.1 Å². The van der Waals surface area contributed by atoms with Crippen molar-refractivity contribution in [1.82, 2.24) is 19.9 Å². The largest absolute Gasteiger partial charge is 3.00 e. The van der Waals surface area contributed by atoms with E-state index in [1.54, 1.807) is 48.5 Å². The Balaban J connectivity index is 0.000000221. The molecule has 0 saturated heterocycles. The first-order chi connectivity index (χ1) is 54.7. The normalized spacial score (nSPS) is 11.0. The second-order valence-corrected chi connectivity index (χ2v) is 27.6. The quantitative estimate of drug-likeness (QED) is 0.0910. The third kappa shape index (κ3) is 16.4. The standard InChI is InChI=1S/C66H36N3O6.C34H28NO2.2Ir/c70-64-49-34-50-36-51(35-49)66(72)75-54-26-17-42(18-27-54)63-30-21-45(39-69-63)57-9-3-6-12-60(57)48-32-46(58-10-4-1-7-55(58)43-19-28-61(67-37-43)40-13-22-52(73-64)23-14-40)31-47(33-48)59-11-5-2-8-56(59)44-20-29-62(68-38-44)41-15-24-53(25-16-41)74-65(50)71;1-22-15-23(2)18-28(17-22)32-8-6-5-7-31(32)27-11-14-33(35-21-27)26-9-12-30(13-10-26)37-34(36)29-19-24(3)16-25(4)20-29;;/h1-13,15,17,19-39H;5-9,11-21H,1-4H3;;/q-3;-1;;+3. The van der Waals surface area contributed by atoms with E-state index in [1.807, 2.05) is 124 Å². The summed E-state index contributed by atoms with van der Waals surface area (Å²) in [4.78, 5) is 73.7.